The highest BCUT2D eigenvalue weighted by Crippen LogP contribution is 2.35. The molecule has 1 aromatic carbocycles. The van der Waals surface area contributed by atoms with Gasteiger partial charge in [0.2, 0.25) is 0 Å². The van der Waals surface area contributed by atoms with Crippen molar-refractivity contribution in [1.82, 2.24) is 0 Å². The summed E-state index contributed by atoms with van der Waals surface area (Å²) in [5.41, 5.74) is 1.47. The van der Waals surface area contributed by atoms with Gasteiger partial charge in [-0.25, -0.2) is 0 Å². The zero-order chi connectivity index (χ0) is 13.2. The SMILES string of the molecule is CC(C)c1cccc(C#CC(C)(O)C2CCC2)c1. The summed E-state index contributed by atoms with van der Waals surface area (Å²) < 4.78 is 0. The van der Waals surface area contributed by atoms with E-state index in [0.29, 0.717) is 11.8 Å². The van der Waals surface area contributed by atoms with Gasteiger partial charge in [0, 0.05) is 5.56 Å². The van der Waals surface area contributed by atoms with Crippen LogP contribution in [0.4, 0.5) is 0 Å². The van der Waals surface area contributed by atoms with E-state index in [0.717, 1.165) is 18.4 Å². The first-order valence-electron chi connectivity index (χ1n) is 6.84. The minimum Gasteiger partial charge on any atom is -0.378 e. The average molecular weight is 242 g/mol. The van der Waals surface area contributed by atoms with Gasteiger partial charge in [0.25, 0.3) is 0 Å². The molecule has 1 aliphatic carbocycles. The lowest BCUT2D eigenvalue weighted by molar-refractivity contribution is 0.0163. The molecule has 0 amide bonds. The number of benzene rings is 1. The van der Waals surface area contributed by atoms with E-state index < -0.39 is 5.60 Å². The lowest BCUT2D eigenvalue weighted by Crippen LogP contribution is -2.37. The van der Waals surface area contributed by atoms with Crippen LogP contribution in [-0.4, -0.2) is 10.7 Å². The Balaban J connectivity index is 2.16. The zero-order valence-corrected chi connectivity index (χ0v) is 11.5. The smallest absolute Gasteiger partial charge is 0.125 e. The average Bonchev–Trinajstić information content (AvgIpc) is 2.24. The number of hydrogen-bond acceptors (Lipinski definition) is 1. The summed E-state index contributed by atoms with van der Waals surface area (Å²) in [7, 11) is 0. The fourth-order valence-electron chi connectivity index (χ4n) is 2.25. The molecule has 2 rings (SSSR count). The molecular weight excluding hydrogens is 220 g/mol. The van der Waals surface area contributed by atoms with Crippen LogP contribution in [0.3, 0.4) is 0 Å². The van der Waals surface area contributed by atoms with Crippen LogP contribution in [0.1, 0.15) is 57.1 Å². The molecule has 1 N–H and O–H groups in total. The van der Waals surface area contributed by atoms with Gasteiger partial charge in [-0.3, -0.25) is 0 Å². The standard InChI is InChI=1S/C17H22O/c1-13(2)15-7-4-6-14(12-15)10-11-17(3,18)16-8-5-9-16/h4,6-7,12-13,16,18H,5,8-9H2,1-3H3. The highest BCUT2D eigenvalue weighted by atomic mass is 16.3. The van der Waals surface area contributed by atoms with Crippen molar-refractivity contribution in [2.24, 2.45) is 5.92 Å². The number of rotatable bonds is 2. The predicted octanol–water partition coefficient (Wildman–Crippen LogP) is 3.71. The van der Waals surface area contributed by atoms with E-state index >= 15 is 0 Å². The van der Waals surface area contributed by atoms with E-state index in [9.17, 15) is 5.11 Å². The van der Waals surface area contributed by atoms with Crippen LogP contribution >= 0.6 is 0 Å². The number of hydrogen-bond donors (Lipinski definition) is 1. The molecule has 96 valence electrons. The molecule has 0 heterocycles. The minimum atomic E-state index is -0.827. The summed E-state index contributed by atoms with van der Waals surface area (Å²) in [4.78, 5) is 0. The molecule has 0 saturated heterocycles. The molecule has 0 radical (unpaired) electrons. The van der Waals surface area contributed by atoms with Crippen LogP contribution < -0.4 is 0 Å². The predicted molar refractivity (Wildman–Crippen MR) is 75.4 cm³/mol. The summed E-state index contributed by atoms with van der Waals surface area (Å²) in [6.45, 7) is 6.20. The van der Waals surface area contributed by atoms with E-state index in [1.165, 1.54) is 12.0 Å². The molecule has 1 nitrogen and oxygen atoms in total. The van der Waals surface area contributed by atoms with E-state index in [2.05, 4.69) is 37.8 Å². The van der Waals surface area contributed by atoms with Gasteiger partial charge in [-0.05, 0) is 49.3 Å². The van der Waals surface area contributed by atoms with Gasteiger partial charge < -0.3 is 5.11 Å². The van der Waals surface area contributed by atoms with Crippen molar-refractivity contribution in [2.45, 2.75) is 51.6 Å². The first-order valence-corrected chi connectivity index (χ1v) is 6.84. The van der Waals surface area contributed by atoms with Crippen LogP contribution in [0, 0.1) is 17.8 Å². The largest absolute Gasteiger partial charge is 0.378 e. The van der Waals surface area contributed by atoms with Crippen LogP contribution in [0.25, 0.3) is 0 Å². The molecule has 1 saturated carbocycles. The molecule has 1 fully saturated rings. The van der Waals surface area contributed by atoms with Gasteiger partial charge in [0.05, 0.1) is 0 Å². The molecule has 1 atom stereocenters. The third kappa shape index (κ3) is 2.94. The number of aliphatic hydroxyl groups is 1. The second-order valence-electron chi connectivity index (χ2n) is 5.81. The van der Waals surface area contributed by atoms with E-state index in [-0.39, 0.29) is 0 Å². The molecule has 1 unspecified atom stereocenters. The summed E-state index contributed by atoms with van der Waals surface area (Å²) in [6, 6.07) is 8.29. The Kier molecular flexibility index (Phi) is 3.78. The molecule has 1 aliphatic rings. The highest BCUT2D eigenvalue weighted by molar-refractivity contribution is 5.39. The Morgan fingerprint density at radius 1 is 1.33 bits per heavy atom. The molecular formula is C17H22O. The molecule has 1 heteroatoms. The van der Waals surface area contributed by atoms with Crippen LogP contribution in [0.15, 0.2) is 24.3 Å². The van der Waals surface area contributed by atoms with Gasteiger partial charge in [-0.2, -0.15) is 0 Å². The summed E-state index contributed by atoms with van der Waals surface area (Å²) in [5.74, 6) is 7.05. The summed E-state index contributed by atoms with van der Waals surface area (Å²) >= 11 is 0. The lowest BCUT2D eigenvalue weighted by atomic mass is 9.74. The quantitative estimate of drug-likeness (QED) is 0.784. The van der Waals surface area contributed by atoms with Crippen molar-refractivity contribution in [2.75, 3.05) is 0 Å². The van der Waals surface area contributed by atoms with E-state index in [4.69, 9.17) is 0 Å². The van der Waals surface area contributed by atoms with Crippen LogP contribution in [0.2, 0.25) is 0 Å². The highest BCUT2D eigenvalue weighted by Gasteiger charge is 2.34. The second kappa shape index (κ2) is 5.16. The zero-order valence-electron chi connectivity index (χ0n) is 11.5. The monoisotopic (exact) mass is 242 g/mol. The fraction of sp³-hybridized carbons (Fsp3) is 0.529. The van der Waals surface area contributed by atoms with Crippen LogP contribution in [-0.2, 0) is 0 Å². The third-order valence-corrected chi connectivity index (χ3v) is 3.91. The lowest BCUT2D eigenvalue weighted by Gasteiger charge is -2.35. The van der Waals surface area contributed by atoms with Gasteiger partial charge in [-0.15, -0.1) is 0 Å². The maximum Gasteiger partial charge on any atom is 0.125 e. The van der Waals surface area contributed by atoms with Crippen LogP contribution in [0.5, 0.6) is 0 Å². The minimum absolute atomic E-state index is 0.360. The fourth-order valence-corrected chi connectivity index (χ4v) is 2.25. The Labute approximate surface area is 110 Å². The maximum atomic E-state index is 10.3. The Hall–Kier alpha value is -1.26. The van der Waals surface area contributed by atoms with E-state index in [1.807, 2.05) is 19.1 Å². The van der Waals surface area contributed by atoms with Crippen molar-refractivity contribution in [3.05, 3.63) is 35.4 Å². The Morgan fingerprint density at radius 2 is 2.06 bits per heavy atom. The molecule has 0 spiro atoms. The van der Waals surface area contributed by atoms with Crippen molar-refractivity contribution in [1.29, 1.82) is 0 Å². The summed E-state index contributed by atoms with van der Waals surface area (Å²) in [6.07, 6.45) is 3.44. The Bertz CT molecular complexity index is 470. The van der Waals surface area contributed by atoms with Gasteiger partial charge in [-0.1, -0.05) is 44.2 Å². The molecule has 0 bridgehead atoms. The second-order valence-corrected chi connectivity index (χ2v) is 5.81. The first-order chi connectivity index (χ1) is 8.49. The molecule has 18 heavy (non-hydrogen) atoms. The van der Waals surface area contributed by atoms with Gasteiger partial charge >= 0.3 is 0 Å². The van der Waals surface area contributed by atoms with Crippen molar-refractivity contribution in [3.8, 4) is 11.8 Å². The van der Waals surface area contributed by atoms with Gasteiger partial charge in [0.15, 0.2) is 0 Å². The van der Waals surface area contributed by atoms with Crippen molar-refractivity contribution < 1.29 is 5.11 Å². The molecule has 1 aromatic rings. The topological polar surface area (TPSA) is 20.2 Å². The maximum absolute atomic E-state index is 10.3. The molecule has 0 aromatic heterocycles. The van der Waals surface area contributed by atoms with Gasteiger partial charge in [0.1, 0.15) is 5.60 Å². The molecule has 0 aliphatic heterocycles. The van der Waals surface area contributed by atoms with E-state index in [1.54, 1.807) is 0 Å². The normalized spacial score (nSPS) is 18.7. The third-order valence-electron chi connectivity index (χ3n) is 3.91. The Morgan fingerprint density at radius 3 is 2.61 bits per heavy atom. The van der Waals surface area contributed by atoms with Crippen molar-refractivity contribution >= 4 is 0 Å². The summed E-state index contributed by atoms with van der Waals surface area (Å²) in [5, 5.41) is 10.3. The first kappa shape index (κ1) is 13.2. The van der Waals surface area contributed by atoms with Crippen molar-refractivity contribution in [3.63, 3.8) is 0 Å².